The van der Waals surface area contributed by atoms with Crippen LogP contribution in [0.1, 0.15) is 18.1 Å². The van der Waals surface area contributed by atoms with Crippen molar-refractivity contribution in [2.45, 2.75) is 25.6 Å². The number of halogens is 5. The number of rotatable bonds is 1. The summed E-state index contributed by atoms with van der Waals surface area (Å²) in [6, 6.07) is 2.56. The van der Waals surface area contributed by atoms with Gasteiger partial charge in [-0.1, -0.05) is 33.6 Å². The van der Waals surface area contributed by atoms with Crippen molar-refractivity contribution >= 4 is 27.5 Å². The Morgan fingerprint density at radius 1 is 1.31 bits per heavy atom. The summed E-state index contributed by atoms with van der Waals surface area (Å²) in [5, 5.41) is 9.37. The molecule has 0 bridgehead atoms. The van der Waals surface area contributed by atoms with E-state index >= 15 is 0 Å². The van der Waals surface area contributed by atoms with Crippen molar-refractivity contribution in [2.24, 2.45) is 0 Å². The normalized spacial score (nSPS) is 16.0. The van der Waals surface area contributed by atoms with Gasteiger partial charge in [-0.05, 0) is 25.5 Å². The summed E-state index contributed by atoms with van der Waals surface area (Å²) in [7, 11) is 0. The minimum atomic E-state index is -4.77. The van der Waals surface area contributed by atoms with Gasteiger partial charge in [0.05, 0.1) is 0 Å². The van der Waals surface area contributed by atoms with Gasteiger partial charge in [-0.3, -0.25) is 0 Å². The molecule has 0 aliphatic rings. The van der Waals surface area contributed by atoms with E-state index in [9.17, 15) is 18.3 Å². The summed E-state index contributed by atoms with van der Waals surface area (Å²) in [5.41, 5.74) is -2.72. The maximum Gasteiger partial charge on any atom is 0.421 e. The zero-order valence-corrected chi connectivity index (χ0v) is 10.8. The summed E-state index contributed by atoms with van der Waals surface area (Å²) < 4.78 is 38.4. The highest BCUT2D eigenvalue weighted by atomic mass is 79.9. The third-order valence-electron chi connectivity index (χ3n) is 2.32. The molecule has 0 aliphatic carbocycles. The van der Waals surface area contributed by atoms with Crippen molar-refractivity contribution in [2.75, 3.05) is 0 Å². The number of alkyl halides is 3. The second-order valence-corrected chi connectivity index (χ2v) is 4.91. The smallest absolute Gasteiger partial charge is 0.376 e. The van der Waals surface area contributed by atoms with E-state index in [1.807, 2.05) is 0 Å². The number of benzene rings is 1. The SMILES string of the molecule is Cc1cc(C(C)(O)C(F)(F)F)c(Cl)cc1Br. The lowest BCUT2D eigenvalue weighted by Gasteiger charge is -2.28. The molecule has 0 saturated heterocycles. The van der Waals surface area contributed by atoms with Crippen LogP contribution in [0.15, 0.2) is 16.6 Å². The zero-order chi connectivity index (χ0) is 12.7. The Hall–Kier alpha value is -0.260. The lowest BCUT2D eigenvalue weighted by Crippen LogP contribution is -2.39. The average molecular weight is 318 g/mol. The van der Waals surface area contributed by atoms with Gasteiger partial charge in [0.25, 0.3) is 0 Å². The standard InChI is InChI=1S/C10H9BrClF3O/c1-5-3-6(8(12)4-7(5)11)9(2,16)10(13,14)15/h3-4,16H,1-2H3. The van der Waals surface area contributed by atoms with Gasteiger partial charge < -0.3 is 5.11 Å². The Morgan fingerprint density at radius 2 is 1.81 bits per heavy atom. The summed E-state index contributed by atoms with van der Waals surface area (Å²) in [6.45, 7) is 2.30. The lowest BCUT2D eigenvalue weighted by atomic mass is 9.94. The number of hydrogen-bond acceptors (Lipinski definition) is 1. The maximum atomic E-state index is 12.6. The van der Waals surface area contributed by atoms with Gasteiger partial charge in [0, 0.05) is 15.1 Å². The molecule has 0 aliphatic heterocycles. The van der Waals surface area contributed by atoms with Gasteiger partial charge in [-0.25, -0.2) is 0 Å². The highest BCUT2D eigenvalue weighted by Gasteiger charge is 2.52. The molecule has 1 nitrogen and oxygen atoms in total. The fourth-order valence-corrected chi connectivity index (χ4v) is 2.01. The van der Waals surface area contributed by atoms with Crippen LogP contribution in [0.2, 0.25) is 5.02 Å². The van der Waals surface area contributed by atoms with Crippen LogP contribution in [-0.4, -0.2) is 11.3 Å². The Balaban J connectivity index is 3.39. The maximum absolute atomic E-state index is 12.6. The number of aliphatic hydroxyl groups is 1. The molecule has 0 saturated carbocycles. The van der Waals surface area contributed by atoms with Crippen molar-refractivity contribution in [1.29, 1.82) is 0 Å². The Morgan fingerprint density at radius 3 is 2.25 bits per heavy atom. The molecule has 1 aromatic rings. The highest BCUT2D eigenvalue weighted by Crippen LogP contribution is 2.42. The monoisotopic (exact) mass is 316 g/mol. The van der Waals surface area contributed by atoms with Crippen molar-refractivity contribution in [1.82, 2.24) is 0 Å². The summed E-state index contributed by atoms with van der Waals surface area (Å²) in [6.07, 6.45) is -4.77. The first kappa shape index (κ1) is 13.8. The van der Waals surface area contributed by atoms with Gasteiger partial charge >= 0.3 is 6.18 Å². The van der Waals surface area contributed by atoms with E-state index in [4.69, 9.17) is 11.6 Å². The fourth-order valence-electron chi connectivity index (χ4n) is 1.18. The predicted molar refractivity (Wildman–Crippen MR) is 59.5 cm³/mol. The average Bonchev–Trinajstić information content (AvgIpc) is 2.09. The first-order valence-electron chi connectivity index (χ1n) is 4.32. The first-order chi connectivity index (χ1) is 7.07. The van der Waals surface area contributed by atoms with Crippen LogP contribution in [0.4, 0.5) is 13.2 Å². The molecule has 1 rings (SSSR count). The first-order valence-corrected chi connectivity index (χ1v) is 5.49. The minimum Gasteiger partial charge on any atom is -0.376 e. The van der Waals surface area contributed by atoms with Crippen molar-refractivity contribution in [3.63, 3.8) is 0 Å². The van der Waals surface area contributed by atoms with E-state index < -0.39 is 11.8 Å². The van der Waals surface area contributed by atoms with Crippen molar-refractivity contribution in [3.8, 4) is 0 Å². The highest BCUT2D eigenvalue weighted by molar-refractivity contribution is 9.10. The quantitative estimate of drug-likeness (QED) is 0.824. The van der Waals surface area contributed by atoms with Gasteiger partial charge in [-0.2, -0.15) is 13.2 Å². The molecule has 6 heteroatoms. The van der Waals surface area contributed by atoms with E-state index in [-0.39, 0.29) is 10.6 Å². The van der Waals surface area contributed by atoms with Crippen LogP contribution in [0.5, 0.6) is 0 Å². The van der Waals surface area contributed by atoms with Gasteiger partial charge in [0.1, 0.15) is 0 Å². The topological polar surface area (TPSA) is 20.2 Å². The van der Waals surface area contributed by atoms with E-state index in [1.165, 1.54) is 12.1 Å². The molecule has 0 aromatic heterocycles. The fraction of sp³-hybridized carbons (Fsp3) is 0.400. The molecule has 90 valence electrons. The lowest BCUT2D eigenvalue weighted by molar-refractivity contribution is -0.258. The van der Waals surface area contributed by atoms with Crippen molar-refractivity contribution < 1.29 is 18.3 Å². The van der Waals surface area contributed by atoms with Crippen LogP contribution in [0.25, 0.3) is 0 Å². The largest absolute Gasteiger partial charge is 0.421 e. The molecule has 0 amide bonds. The van der Waals surface area contributed by atoms with E-state index in [2.05, 4.69) is 15.9 Å². The molecule has 0 spiro atoms. The molecule has 0 radical (unpaired) electrons. The predicted octanol–water partition coefficient (Wildman–Crippen LogP) is 4.18. The molecule has 0 heterocycles. The van der Waals surface area contributed by atoms with Gasteiger partial charge in [0.2, 0.25) is 0 Å². The van der Waals surface area contributed by atoms with Crippen LogP contribution < -0.4 is 0 Å². The zero-order valence-electron chi connectivity index (χ0n) is 8.49. The third kappa shape index (κ3) is 2.36. The third-order valence-corrected chi connectivity index (χ3v) is 3.49. The molecular weight excluding hydrogens is 308 g/mol. The van der Waals surface area contributed by atoms with E-state index in [0.717, 1.165) is 0 Å². The van der Waals surface area contributed by atoms with Gasteiger partial charge in [0.15, 0.2) is 5.60 Å². The number of aryl methyl sites for hydroxylation is 1. The summed E-state index contributed by atoms with van der Waals surface area (Å²) in [4.78, 5) is 0. The van der Waals surface area contributed by atoms with Crippen molar-refractivity contribution in [3.05, 3.63) is 32.8 Å². The molecule has 1 aromatic carbocycles. The van der Waals surface area contributed by atoms with Gasteiger partial charge in [-0.15, -0.1) is 0 Å². The Bertz CT molecular complexity index is 415. The van der Waals surface area contributed by atoms with Crippen LogP contribution >= 0.6 is 27.5 Å². The summed E-state index contributed by atoms with van der Waals surface area (Å²) >= 11 is 8.85. The Labute approximate surface area is 104 Å². The summed E-state index contributed by atoms with van der Waals surface area (Å²) in [5.74, 6) is 0. The Kier molecular flexibility index (Phi) is 3.62. The van der Waals surface area contributed by atoms with Crippen LogP contribution in [-0.2, 0) is 5.60 Å². The van der Waals surface area contributed by atoms with E-state index in [0.29, 0.717) is 17.0 Å². The molecule has 0 fully saturated rings. The second kappa shape index (κ2) is 4.20. The molecule has 1 atom stereocenters. The van der Waals surface area contributed by atoms with E-state index in [1.54, 1.807) is 6.92 Å². The molecule has 16 heavy (non-hydrogen) atoms. The molecule has 1 N–H and O–H groups in total. The second-order valence-electron chi connectivity index (χ2n) is 3.65. The van der Waals surface area contributed by atoms with Crippen LogP contribution in [0.3, 0.4) is 0 Å². The molecular formula is C10H9BrClF3O. The molecule has 1 unspecified atom stereocenters. The van der Waals surface area contributed by atoms with Crippen LogP contribution in [0, 0.1) is 6.92 Å². The number of hydrogen-bond donors (Lipinski definition) is 1. The minimum absolute atomic E-state index is 0.125.